The molecule has 0 saturated heterocycles. The van der Waals surface area contributed by atoms with Crippen LogP contribution in [0, 0.1) is 13.8 Å². The second-order valence-corrected chi connectivity index (χ2v) is 7.78. The monoisotopic (exact) mass is 409 g/mol. The van der Waals surface area contributed by atoms with Gasteiger partial charge in [-0.3, -0.25) is 4.79 Å². The fraction of sp³-hybridized carbons (Fsp3) is 0.273. The number of nitrogens with zero attached hydrogens (tertiary/aromatic N) is 2. The molecule has 1 amide bonds. The molecule has 3 aromatic rings. The summed E-state index contributed by atoms with van der Waals surface area (Å²) < 4.78 is 13.0. The summed E-state index contributed by atoms with van der Waals surface area (Å²) >= 11 is 1.59. The number of para-hydroxylation sites is 1. The summed E-state index contributed by atoms with van der Waals surface area (Å²) in [5.41, 5.74) is 6.00. The van der Waals surface area contributed by atoms with Gasteiger partial charge in [-0.05, 0) is 43.2 Å². The Morgan fingerprint density at radius 2 is 2.03 bits per heavy atom. The molecule has 7 heteroatoms. The van der Waals surface area contributed by atoms with Crippen molar-refractivity contribution in [2.24, 2.45) is 4.99 Å². The molecule has 29 heavy (non-hydrogen) atoms. The van der Waals surface area contributed by atoms with Crippen molar-refractivity contribution in [1.82, 2.24) is 4.57 Å². The van der Waals surface area contributed by atoms with Crippen LogP contribution < -0.4 is 14.9 Å². The van der Waals surface area contributed by atoms with Gasteiger partial charge in [0.2, 0.25) is 0 Å². The number of amides is 1. The zero-order valence-electron chi connectivity index (χ0n) is 16.7. The number of aromatic nitrogens is 1. The number of fused-ring (bicyclic) bond motifs is 1. The quantitative estimate of drug-likeness (QED) is 0.692. The maximum Gasteiger partial charge on any atom is 0.262 e. The molecule has 1 N–H and O–H groups in total. The molecule has 1 aliphatic heterocycles. The predicted octanol–water partition coefficient (Wildman–Crippen LogP) is 4.04. The molecular formula is C22H23N3O3S. The van der Waals surface area contributed by atoms with E-state index in [4.69, 9.17) is 14.5 Å². The van der Waals surface area contributed by atoms with E-state index in [-0.39, 0.29) is 12.5 Å². The Hall–Kier alpha value is -2.90. The first-order valence-electron chi connectivity index (χ1n) is 9.42. The molecule has 1 aromatic heterocycles. The summed E-state index contributed by atoms with van der Waals surface area (Å²) in [6, 6.07) is 12.0. The molecule has 4 rings (SSSR count). The third kappa shape index (κ3) is 3.97. The van der Waals surface area contributed by atoms with Crippen LogP contribution in [0.5, 0.6) is 5.75 Å². The van der Waals surface area contributed by atoms with E-state index in [9.17, 15) is 4.79 Å². The summed E-state index contributed by atoms with van der Waals surface area (Å²) in [6.07, 6.45) is 0. The summed E-state index contributed by atoms with van der Waals surface area (Å²) in [6.45, 7) is 5.46. The molecule has 0 bridgehead atoms. The number of nitrogens with one attached hydrogen (secondary N) is 1. The fourth-order valence-electron chi connectivity index (χ4n) is 3.37. The molecule has 1 aliphatic rings. The Balaban J connectivity index is 1.82. The minimum atomic E-state index is -0.141. The van der Waals surface area contributed by atoms with Crippen molar-refractivity contribution < 1.29 is 14.3 Å². The number of hydrogen-bond acceptors (Lipinski definition) is 5. The van der Waals surface area contributed by atoms with Gasteiger partial charge in [-0.1, -0.05) is 18.2 Å². The fourth-order valence-corrected chi connectivity index (χ4v) is 4.31. The maximum atomic E-state index is 11.7. The Morgan fingerprint density at radius 3 is 2.79 bits per heavy atom. The molecule has 2 aromatic carbocycles. The number of carbonyl (C=O) groups excluding carboxylic acids is 1. The topological polar surface area (TPSA) is 64.8 Å². The summed E-state index contributed by atoms with van der Waals surface area (Å²) in [5.74, 6) is 0.547. The van der Waals surface area contributed by atoms with E-state index in [2.05, 4.69) is 41.2 Å². The van der Waals surface area contributed by atoms with Crippen LogP contribution in [-0.2, 0) is 16.1 Å². The van der Waals surface area contributed by atoms with E-state index in [1.165, 1.54) is 0 Å². The minimum Gasteiger partial charge on any atom is -0.482 e. The highest BCUT2D eigenvalue weighted by Crippen LogP contribution is 2.33. The second kappa shape index (κ2) is 8.23. The lowest BCUT2D eigenvalue weighted by Gasteiger charge is -2.19. The van der Waals surface area contributed by atoms with Crippen molar-refractivity contribution in [1.29, 1.82) is 0 Å². The van der Waals surface area contributed by atoms with Gasteiger partial charge in [0, 0.05) is 24.6 Å². The van der Waals surface area contributed by atoms with Crippen LogP contribution in [0.25, 0.3) is 11.3 Å². The lowest BCUT2D eigenvalue weighted by atomic mass is 10.1. The van der Waals surface area contributed by atoms with E-state index in [1.807, 2.05) is 24.3 Å². The Morgan fingerprint density at radius 1 is 1.24 bits per heavy atom. The molecule has 2 heterocycles. The zero-order valence-corrected chi connectivity index (χ0v) is 17.5. The van der Waals surface area contributed by atoms with E-state index >= 15 is 0 Å². The van der Waals surface area contributed by atoms with Crippen LogP contribution in [0.4, 0.5) is 11.4 Å². The third-order valence-corrected chi connectivity index (χ3v) is 5.74. The first-order chi connectivity index (χ1) is 14.1. The van der Waals surface area contributed by atoms with E-state index in [0.29, 0.717) is 24.6 Å². The number of methoxy groups -OCH3 is 1. The van der Waals surface area contributed by atoms with Gasteiger partial charge in [-0.2, -0.15) is 0 Å². The largest absolute Gasteiger partial charge is 0.482 e. The molecule has 0 atom stereocenters. The lowest BCUT2D eigenvalue weighted by Crippen LogP contribution is -2.25. The van der Waals surface area contributed by atoms with Crippen LogP contribution >= 0.6 is 11.3 Å². The van der Waals surface area contributed by atoms with Crippen molar-refractivity contribution in [3.8, 4) is 17.0 Å². The number of aryl methyl sites for hydroxylation is 2. The van der Waals surface area contributed by atoms with Crippen molar-refractivity contribution in [2.45, 2.75) is 20.4 Å². The van der Waals surface area contributed by atoms with Crippen LogP contribution in [0.1, 0.15) is 11.1 Å². The highest BCUT2D eigenvalue weighted by atomic mass is 32.1. The number of anilines is 1. The highest BCUT2D eigenvalue weighted by Gasteiger charge is 2.18. The van der Waals surface area contributed by atoms with Crippen molar-refractivity contribution in [2.75, 3.05) is 25.6 Å². The Labute approximate surface area is 173 Å². The third-order valence-electron chi connectivity index (χ3n) is 4.87. The molecule has 0 fully saturated rings. The smallest absolute Gasteiger partial charge is 0.262 e. The van der Waals surface area contributed by atoms with Gasteiger partial charge >= 0.3 is 0 Å². The molecule has 0 aliphatic carbocycles. The highest BCUT2D eigenvalue weighted by molar-refractivity contribution is 7.07. The SMILES string of the molecule is COCCn1c(-c2ccc3c(c2)NC(=O)CO3)csc1=Nc1c(C)cccc1C. The van der Waals surface area contributed by atoms with Gasteiger partial charge in [0.15, 0.2) is 11.4 Å². The molecule has 0 saturated carbocycles. The van der Waals surface area contributed by atoms with Gasteiger partial charge < -0.3 is 19.4 Å². The Kier molecular flexibility index (Phi) is 5.51. The number of carbonyl (C=O) groups is 1. The zero-order chi connectivity index (χ0) is 20.4. The number of rotatable bonds is 5. The van der Waals surface area contributed by atoms with Crippen molar-refractivity contribution >= 4 is 28.6 Å². The lowest BCUT2D eigenvalue weighted by molar-refractivity contribution is -0.118. The Bertz CT molecular complexity index is 1110. The van der Waals surface area contributed by atoms with Gasteiger partial charge in [-0.25, -0.2) is 4.99 Å². The second-order valence-electron chi connectivity index (χ2n) is 6.95. The standard InChI is InChI=1S/C22H23N3O3S/c1-14-5-4-6-15(2)21(14)24-22-25(9-10-27-3)18(13-29-22)16-7-8-19-17(11-16)23-20(26)12-28-19/h4-8,11,13H,9-10,12H2,1-3H3,(H,23,26). The molecule has 6 nitrogen and oxygen atoms in total. The van der Waals surface area contributed by atoms with Crippen molar-refractivity contribution in [3.63, 3.8) is 0 Å². The summed E-state index contributed by atoms with van der Waals surface area (Å²) in [7, 11) is 1.70. The first-order valence-corrected chi connectivity index (χ1v) is 10.3. The first kappa shape index (κ1) is 19.4. The van der Waals surface area contributed by atoms with Crippen LogP contribution in [0.15, 0.2) is 46.8 Å². The van der Waals surface area contributed by atoms with E-state index < -0.39 is 0 Å². The molecular weight excluding hydrogens is 386 g/mol. The maximum absolute atomic E-state index is 11.7. The van der Waals surface area contributed by atoms with Gasteiger partial charge in [0.25, 0.3) is 5.91 Å². The summed E-state index contributed by atoms with van der Waals surface area (Å²) in [5, 5.41) is 4.97. The number of thiazole rings is 1. The molecule has 0 spiro atoms. The average molecular weight is 410 g/mol. The molecule has 0 radical (unpaired) electrons. The molecule has 0 unspecified atom stereocenters. The number of hydrogen-bond donors (Lipinski definition) is 1. The average Bonchev–Trinajstić information content (AvgIpc) is 3.11. The van der Waals surface area contributed by atoms with E-state index in [0.717, 1.165) is 32.9 Å². The predicted molar refractivity (Wildman–Crippen MR) is 115 cm³/mol. The van der Waals surface area contributed by atoms with Gasteiger partial charge in [-0.15, -0.1) is 11.3 Å². The van der Waals surface area contributed by atoms with Crippen LogP contribution in [0.3, 0.4) is 0 Å². The normalized spacial score (nSPS) is 13.8. The summed E-state index contributed by atoms with van der Waals surface area (Å²) in [4.78, 5) is 17.6. The van der Waals surface area contributed by atoms with Crippen LogP contribution in [-0.4, -0.2) is 30.8 Å². The number of ether oxygens (including phenoxy) is 2. The minimum absolute atomic E-state index is 0.0530. The van der Waals surface area contributed by atoms with Crippen LogP contribution in [0.2, 0.25) is 0 Å². The number of benzene rings is 2. The molecule has 150 valence electrons. The van der Waals surface area contributed by atoms with E-state index in [1.54, 1.807) is 18.4 Å². The van der Waals surface area contributed by atoms with Gasteiger partial charge in [0.05, 0.1) is 23.7 Å². The van der Waals surface area contributed by atoms with Gasteiger partial charge in [0.1, 0.15) is 5.75 Å². The van der Waals surface area contributed by atoms with Crippen molar-refractivity contribution in [3.05, 3.63) is 57.7 Å².